The van der Waals surface area contributed by atoms with Gasteiger partial charge in [-0.25, -0.2) is 17.2 Å². The fourth-order valence-corrected chi connectivity index (χ4v) is 3.98. The van der Waals surface area contributed by atoms with E-state index >= 15 is 0 Å². The van der Waals surface area contributed by atoms with Gasteiger partial charge in [-0.1, -0.05) is 12.1 Å². The third-order valence-electron chi connectivity index (χ3n) is 3.75. The summed E-state index contributed by atoms with van der Waals surface area (Å²) in [5, 5.41) is 2.40. The minimum atomic E-state index is -4.22. The molecule has 0 fully saturated rings. The molecule has 1 heterocycles. The van der Waals surface area contributed by atoms with Crippen LogP contribution in [0.5, 0.6) is 5.75 Å². The van der Waals surface area contributed by atoms with Gasteiger partial charge in [0.05, 0.1) is 17.1 Å². The van der Waals surface area contributed by atoms with Crippen LogP contribution in [0.25, 0.3) is 0 Å². The fourth-order valence-electron chi connectivity index (χ4n) is 2.49. The van der Waals surface area contributed by atoms with Gasteiger partial charge < -0.3 is 10.1 Å². The van der Waals surface area contributed by atoms with Gasteiger partial charge in [-0.3, -0.25) is 9.10 Å². The predicted octanol–water partition coefficient (Wildman–Crippen LogP) is 1.67. The molecule has 2 aromatic rings. The second kappa shape index (κ2) is 6.32. The first kappa shape index (κ1) is 17.2. The lowest BCUT2D eigenvalue weighted by atomic mass is 10.2. The van der Waals surface area contributed by atoms with Crippen LogP contribution in [0.4, 0.5) is 14.5 Å². The Hall–Kier alpha value is -2.68. The average molecular weight is 368 g/mol. The first-order valence-electron chi connectivity index (χ1n) is 7.29. The molecule has 0 saturated heterocycles. The Balaban J connectivity index is 2.10. The molecule has 9 heteroatoms. The van der Waals surface area contributed by atoms with Crippen molar-refractivity contribution in [1.29, 1.82) is 0 Å². The van der Waals surface area contributed by atoms with Gasteiger partial charge in [0, 0.05) is 7.05 Å². The zero-order valence-corrected chi connectivity index (χ0v) is 13.9. The highest BCUT2D eigenvalue weighted by molar-refractivity contribution is 7.92. The Morgan fingerprint density at radius 1 is 1.20 bits per heavy atom. The number of para-hydroxylation sites is 2. The van der Waals surface area contributed by atoms with Gasteiger partial charge in [0.1, 0.15) is 5.75 Å². The quantitative estimate of drug-likeness (QED) is 0.894. The van der Waals surface area contributed by atoms with Crippen molar-refractivity contribution in [2.75, 3.05) is 17.9 Å². The topological polar surface area (TPSA) is 75.7 Å². The molecule has 0 saturated carbocycles. The molecule has 0 bridgehead atoms. The summed E-state index contributed by atoms with van der Waals surface area (Å²) in [5.74, 6) is -2.72. The maximum atomic E-state index is 13.5. The third kappa shape index (κ3) is 3.02. The highest BCUT2D eigenvalue weighted by Crippen LogP contribution is 2.36. The average Bonchev–Trinajstić information content (AvgIpc) is 2.62. The molecule has 1 amide bonds. The molecule has 1 N–H and O–H groups in total. The summed E-state index contributed by atoms with van der Waals surface area (Å²) in [4.78, 5) is 11.5. The van der Waals surface area contributed by atoms with Gasteiger partial charge in [0.25, 0.3) is 15.9 Å². The van der Waals surface area contributed by atoms with Crippen molar-refractivity contribution < 1.29 is 26.7 Å². The number of sulfonamides is 1. The van der Waals surface area contributed by atoms with E-state index in [1.807, 2.05) is 0 Å². The minimum Gasteiger partial charge on any atom is -0.476 e. The summed E-state index contributed by atoms with van der Waals surface area (Å²) in [6.07, 6.45) is -1.07. The van der Waals surface area contributed by atoms with E-state index in [0.29, 0.717) is 6.07 Å². The number of anilines is 1. The zero-order chi connectivity index (χ0) is 18.2. The Bertz CT molecular complexity index is 933. The zero-order valence-electron chi connectivity index (χ0n) is 13.1. The molecular formula is C16H14F2N2O4S. The molecule has 0 aliphatic carbocycles. The van der Waals surface area contributed by atoms with Crippen LogP contribution in [0.1, 0.15) is 0 Å². The lowest BCUT2D eigenvalue weighted by Gasteiger charge is -2.34. The van der Waals surface area contributed by atoms with E-state index in [-0.39, 0.29) is 18.0 Å². The van der Waals surface area contributed by atoms with E-state index in [1.54, 1.807) is 12.1 Å². The summed E-state index contributed by atoms with van der Waals surface area (Å²) >= 11 is 0. The van der Waals surface area contributed by atoms with E-state index in [4.69, 9.17) is 4.74 Å². The van der Waals surface area contributed by atoms with Gasteiger partial charge in [-0.05, 0) is 30.3 Å². The van der Waals surface area contributed by atoms with Crippen LogP contribution in [0.2, 0.25) is 0 Å². The Morgan fingerprint density at radius 3 is 2.60 bits per heavy atom. The van der Waals surface area contributed by atoms with Crippen molar-refractivity contribution in [3.63, 3.8) is 0 Å². The molecule has 1 unspecified atom stereocenters. The lowest BCUT2D eigenvalue weighted by molar-refractivity contribution is -0.127. The number of hydrogen-bond acceptors (Lipinski definition) is 4. The molecule has 0 aromatic heterocycles. The number of benzene rings is 2. The molecule has 25 heavy (non-hydrogen) atoms. The van der Waals surface area contributed by atoms with Gasteiger partial charge in [0.15, 0.2) is 17.7 Å². The molecule has 6 nitrogen and oxygen atoms in total. The van der Waals surface area contributed by atoms with Crippen LogP contribution >= 0.6 is 0 Å². The number of nitrogens with zero attached hydrogens (tertiary/aromatic N) is 1. The lowest BCUT2D eigenvalue weighted by Crippen LogP contribution is -2.50. The summed E-state index contributed by atoms with van der Waals surface area (Å²) in [6.45, 7) is -0.294. The van der Waals surface area contributed by atoms with Crippen LogP contribution in [0, 0.1) is 11.6 Å². The molecular weight excluding hydrogens is 354 g/mol. The molecule has 2 aromatic carbocycles. The summed E-state index contributed by atoms with van der Waals surface area (Å²) in [7, 11) is -2.82. The van der Waals surface area contributed by atoms with Crippen LogP contribution < -0.4 is 14.4 Å². The number of halogens is 2. The fraction of sp³-hybridized carbons (Fsp3) is 0.188. The molecule has 132 valence electrons. The van der Waals surface area contributed by atoms with E-state index < -0.39 is 38.6 Å². The smallest absolute Gasteiger partial charge is 0.264 e. The Labute approximate surface area is 143 Å². The van der Waals surface area contributed by atoms with E-state index in [1.165, 1.54) is 19.2 Å². The third-order valence-corrected chi connectivity index (χ3v) is 5.53. The number of nitrogens with one attached hydrogen (secondary N) is 1. The highest BCUT2D eigenvalue weighted by Gasteiger charge is 2.37. The van der Waals surface area contributed by atoms with Crippen molar-refractivity contribution in [3.8, 4) is 5.75 Å². The molecule has 3 rings (SSSR count). The number of carbonyl (C=O) groups is 1. The Morgan fingerprint density at radius 2 is 1.92 bits per heavy atom. The molecule has 0 radical (unpaired) electrons. The number of fused-ring (bicyclic) bond motifs is 1. The number of amides is 1. The van der Waals surface area contributed by atoms with Crippen molar-refractivity contribution in [1.82, 2.24) is 5.32 Å². The van der Waals surface area contributed by atoms with Gasteiger partial charge in [0.2, 0.25) is 0 Å². The maximum absolute atomic E-state index is 13.5. The van der Waals surface area contributed by atoms with Crippen LogP contribution in [-0.2, 0) is 14.8 Å². The predicted molar refractivity (Wildman–Crippen MR) is 85.8 cm³/mol. The largest absolute Gasteiger partial charge is 0.476 e. The first-order valence-corrected chi connectivity index (χ1v) is 8.73. The van der Waals surface area contributed by atoms with Crippen molar-refractivity contribution in [2.24, 2.45) is 0 Å². The first-order chi connectivity index (χ1) is 11.8. The summed E-state index contributed by atoms with van der Waals surface area (Å²) in [5.41, 5.74) is 0.215. The number of hydrogen-bond donors (Lipinski definition) is 1. The maximum Gasteiger partial charge on any atom is 0.264 e. The second-order valence-corrected chi connectivity index (χ2v) is 7.16. The summed E-state index contributed by atoms with van der Waals surface area (Å²) in [6, 6.07) is 8.60. The van der Waals surface area contributed by atoms with Crippen LogP contribution in [0.15, 0.2) is 47.4 Å². The molecule has 1 aliphatic heterocycles. The number of rotatable bonds is 3. The highest BCUT2D eigenvalue weighted by atomic mass is 32.2. The van der Waals surface area contributed by atoms with Gasteiger partial charge >= 0.3 is 0 Å². The number of likely N-dealkylation sites (N-methyl/N-ethyl adjacent to an activating group) is 1. The van der Waals surface area contributed by atoms with Crippen molar-refractivity contribution in [2.45, 2.75) is 11.0 Å². The Kier molecular flexibility index (Phi) is 4.34. The molecule has 1 aliphatic rings. The van der Waals surface area contributed by atoms with Crippen molar-refractivity contribution in [3.05, 3.63) is 54.1 Å². The second-order valence-electron chi connectivity index (χ2n) is 5.30. The normalized spacial score (nSPS) is 16.8. The van der Waals surface area contributed by atoms with Crippen LogP contribution in [0.3, 0.4) is 0 Å². The van der Waals surface area contributed by atoms with E-state index in [9.17, 15) is 22.0 Å². The molecule has 1 atom stereocenters. The van der Waals surface area contributed by atoms with E-state index in [0.717, 1.165) is 16.4 Å². The standard InChI is InChI=1S/C16H14F2N2O4S/c1-19-16(21)15-9-20(13-4-2-3-5-14(13)24-15)25(22,23)10-6-7-11(17)12(18)8-10/h2-8,15H,9H2,1H3,(H,19,21). The number of ether oxygens (including phenoxy) is 1. The molecule has 0 spiro atoms. The monoisotopic (exact) mass is 368 g/mol. The van der Waals surface area contributed by atoms with Crippen LogP contribution in [-0.4, -0.2) is 34.0 Å². The summed E-state index contributed by atoms with van der Waals surface area (Å²) < 4.78 is 58.9. The van der Waals surface area contributed by atoms with Gasteiger partial charge in [-0.2, -0.15) is 0 Å². The van der Waals surface area contributed by atoms with E-state index in [2.05, 4.69) is 5.32 Å². The van der Waals surface area contributed by atoms with Crippen molar-refractivity contribution >= 4 is 21.6 Å². The minimum absolute atomic E-state index is 0.202. The SMILES string of the molecule is CNC(=O)C1CN(S(=O)(=O)c2ccc(F)c(F)c2)c2ccccc2O1. The number of carbonyl (C=O) groups excluding carboxylic acids is 1. The van der Waals surface area contributed by atoms with Gasteiger partial charge in [-0.15, -0.1) is 0 Å².